The fraction of sp³-hybridized carbons (Fsp3) is 0.333. The first-order chi connectivity index (χ1) is 10.2. The van der Waals surface area contributed by atoms with Gasteiger partial charge in [0.25, 0.3) is 0 Å². The van der Waals surface area contributed by atoms with Crippen LogP contribution in [0.15, 0.2) is 48.0 Å². The summed E-state index contributed by atoms with van der Waals surface area (Å²) in [5.74, 6) is 0.687. The standard InChI is InChI=1S/C21H24/c1-4-15(3)18-13-17-10-8-12-20(21(17)14-18)19-11-7-6-9-16(19)5-2/h6-12,14-15H,4-5,13H2,1-3H3. The van der Waals surface area contributed by atoms with E-state index in [1.54, 1.807) is 5.57 Å². The van der Waals surface area contributed by atoms with Crippen molar-refractivity contribution in [1.29, 1.82) is 0 Å². The quantitative estimate of drug-likeness (QED) is 0.652. The smallest absolute Gasteiger partial charge is 0.00549 e. The van der Waals surface area contributed by atoms with Crippen LogP contribution in [-0.4, -0.2) is 0 Å². The first kappa shape index (κ1) is 14.1. The van der Waals surface area contributed by atoms with Gasteiger partial charge in [0.15, 0.2) is 0 Å². The number of hydrogen-bond acceptors (Lipinski definition) is 0. The first-order valence-electron chi connectivity index (χ1n) is 8.15. The highest BCUT2D eigenvalue weighted by molar-refractivity contribution is 5.82. The maximum absolute atomic E-state index is 2.45. The van der Waals surface area contributed by atoms with Gasteiger partial charge in [-0.25, -0.2) is 0 Å². The minimum Gasteiger partial charge on any atom is -0.0648 e. The molecule has 0 heteroatoms. The van der Waals surface area contributed by atoms with Gasteiger partial charge in [-0.2, -0.15) is 0 Å². The van der Waals surface area contributed by atoms with Crippen molar-refractivity contribution in [2.45, 2.75) is 40.0 Å². The van der Waals surface area contributed by atoms with Crippen LogP contribution in [0.2, 0.25) is 0 Å². The molecule has 0 spiro atoms. The lowest BCUT2D eigenvalue weighted by molar-refractivity contribution is 0.647. The zero-order valence-corrected chi connectivity index (χ0v) is 13.3. The molecule has 0 fully saturated rings. The van der Waals surface area contributed by atoms with E-state index in [-0.39, 0.29) is 0 Å². The average Bonchev–Trinajstić information content (AvgIpc) is 2.98. The molecule has 2 aromatic carbocycles. The number of benzene rings is 2. The van der Waals surface area contributed by atoms with E-state index in [9.17, 15) is 0 Å². The molecule has 0 radical (unpaired) electrons. The molecule has 0 bridgehead atoms. The average molecular weight is 276 g/mol. The number of hydrogen-bond donors (Lipinski definition) is 0. The normalized spacial score (nSPS) is 14.7. The van der Waals surface area contributed by atoms with E-state index >= 15 is 0 Å². The maximum Gasteiger partial charge on any atom is -0.00549 e. The van der Waals surface area contributed by atoms with Gasteiger partial charge in [0.2, 0.25) is 0 Å². The summed E-state index contributed by atoms with van der Waals surface area (Å²) in [5, 5.41) is 0. The summed E-state index contributed by atoms with van der Waals surface area (Å²) >= 11 is 0. The third-order valence-electron chi connectivity index (χ3n) is 4.85. The molecular formula is C21H24. The van der Waals surface area contributed by atoms with Gasteiger partial charge in [-0.1, -0.05) is 74.9 Å². The van der Waals surface area contributed by atoms with Crippen LogP contribution in [0.3, 0.4) is 0 Å². The summed E-state index contributed by atoms with van der Waals surface area (Å²) in [7, 11) is 0. The summed E-state index contributed by atoms with van der Waals surface area (Å²) in [4.78, 5) is 0. The summed E-state index contributed by atoms with van der Waals surface area (Å²) in [6.07, 6.45) is 5.89. The van der Waals surface area contributed by atoms with Crippen LogP contribution >= 0.6 is 0 Å². The van der Waals surface area contributed by atoms with Gasteiger partial charge in [0.05, 0.1) is 0 Å². The minimum atomic E-state index is 0.687. The van der Waals surface area contributed by atoms with Crippen LogP contribution in [0.5, 0.6) is 0 Å². The SMILES string of the molecule is CCc1ccccc1-c1cccc2c1C=C(C(C)CC)C2. The van der Waals surface area contributed by atoms with Crippen LogP contribution in [0.4, 0.5) is 0 Å². The Hall–Kier alpha value is -1.82. The van der Waals surface area contributed by atoms with Gasteiger partial charge in [0.1, 0.15) is 0 Å². The minimum absolute atomic E-state index is 0.687. The Morgan fingerprint density at radius 3 is 2.48 bits per heavy atom. The van der Waals surface area contributed by atoms with Crippen molar-refractivity contribution in [1.82, 2.24) is 0 Å². The Morgan fingerprint density at radius 1 is 0.952 bits per heavy atom. The van der Waals surface area contributed by atoms with Crippen molar-refractivity contribution in [3.05, 3.63) is 64.7 Å². The van der Waals surface area contributed by atoms with Crippen LogP contribution in [-0.2, 0) is 12.8 Å². The monoisotopic (exact) mass is 276 g/mol. The van der Waals surface area contributed by atoms with Crippen molar-refractivity contribution < 1.29 is 0 Å². The molecule has 0 aromatic heterocycles. The summed E-state index contributed by atoms with van der Waals surface area (Å²) in [6.45, 7) is 6.86. The molecule has 2 aromatic rings. The predicted octanol–water partition coefficient (Wildman–Crippen LogP) is 5.90. The van der Waals surface area contributed by atoms with Crippen LogP contribution in [0.25, 0.3) is 17.2 Å². The Balaban J connectivity index is 2.11. The summed E-state index contributed by atoms with van der Waals surface area (Å²) < 4.78 is 0. The van der Waals surface area contributed by atoms with Gasteiger partial charge in [-0.15, -0.1) is 0 Å². The molecule has 0 heterocycles. The molecule has 108 valence electrons. The van der Waals surface area contributed by atoms with Crippen LogP contribution in [0.1, 0.15) is 43.9 Å². The zero-order chi connectivity index (χ0) is 14.8. The van der Waals surface area contributed by atoms with Gasteiger partial charge in [-0.3, -0.25) is 0 Å². The molecule has 0 saturated carbocycles. The van der Waals surface area contributed by atoms with Crippen LogP contribution < -0.4 is 0 Å². The fourth-order valence-electron chi connectivity index (χ4n) is 3.30. The molecule has 1 unspecified atom stereocenters. The number of allylic oxidation sites excluding steroid dienone is 1. The maximum atomic E-state index is 2.45. The number of rotatable bonds is 4. The van der Waals surface area contributed by atoms with Gasteiger partial charge < -0.3 is 0 Å². The Bertz CT molecular complexity index is 676. The van der Waals surface area contributed by atoms with E-state index in [4.69, 9.17) is 0 Å². The topological polar surface area (TPSA) is 0 Å². The molecule has 1 aliphatic carbocycles. The lowest BCUT2D eigenvalue weighted by atomic mass is 9.93. The third kappa shape index (κ3) is 2.55. The molecule has 3 rings (SSSR count). The summed E-state index contributed by atoms with van der Waals surface area (Å²) in [5.41, 5.74) is 8.79. The second kappa shape index (κ2) is 5.89. The van der Waals surface area contributed by atoms with Gasteiger partial charge >= 0.3 is 0 Å². The fourth-order valence-corrected chi connectivity index (χ4v) is 3.30. The van der Waals surface area contributed by atoms with E-state index in [2.05, 4.69) is 69.3 Å². The van der Waals surface area contributed by atoms with E-state index in [1.807, 2.05) is 0 Å². The molecule has 1 atom stereocenters. The lowest BCUT2D eigenvalue weighted by Crippen LogP contribution is -1.96. The lowest BCUT2D eigenvalue weighted by Gasteiger charge is -2.11. The molecule has 1 aliphatic rings. The van der Waals surface area contributed by atoms with E-state index < -0.39 is 0 Å². The van der Waals surface area contributed by atoms with E-state index in [0.29, 0.717) is 5.92 Å². The van der Waals surface area contributed by atoms with Crippen molar-refractivity contribution in [2.24, 2.45) is 5.92 Å². The van der Waals surface area contributed by atoms with Gasteiger partial charge in [-0.05, 0) is 53.0 Å². The predicted molar refractivity (Wildman–Crippen MR) is 92.4 cm³/mol. The van der Waals surface area contributed by atoms with Crippen molar-refractivity contribution in [2.75, 3.05) is 0 Å². The summed E-state index contributed by atoms with van der Waals surface area (Å²) in [6, 6.07) is 15.6. The third-order valence-corrected chi connectivity index (χ3v) is 4.85. The Labute approximate surface area is 128 Å². The van der Waals surface area contributed by atoms with Crippen molar-refractivity contribution >= 4 is 6.08 Å². The number of aryl methyl sites for hydroxylation is 1. The Morgan fingerprint density at radius 2 is 1.71 bits per heavy atom. The Kier molecular flexibility index (Phi) is 3.96. The van der Waals surface area contributed by atoms with Crippen molar-refractivity contribution in [3.63, 3.8) is 0 Å². The second-order valence-electron chi connectivity index (χ2n) is 6.09. The highest BCUT2D eigenvalue weighted by atomic mass is 14.2. The van der Waals surface area contributed by atoms with Crippen molar-refractivity contribution in [3.8, 4) is 11.1 Å². The molecule has 21 heavy (non-hydrogen) atoms. The largest absolute Gasteiger partial charge is 0.0648 e. The first-order valence-corrected chi connectivity index (χ1v) is 8.15. The molecule has 0 aliphatic heterocycles. The van der Waals surface area contributed by atoms with E-state index in [0.717, 1.165) is 12.8 Å². The molecule has 0 amide bonds. The van der Waals surface area contributed by atoms with Crippen LogP contribution in [0, 0.1) is 5.92 Å². The zero-order valence-electron chi connectivity index (χ0n) is 13.3. The molecular weight excluding hydrogens is 252 g/mol. The molecule has 0 nitrogen and oxygen atoms in total. The van der Waals surface area contributed by atoms with E-state index in [1.165, 1.54) is 34.2 Å². The highest BCUT2D eigenvalue weighted by Gasteiger charge is 2.19. The highest BCUT2D eigenvalue weighted by Crippen LogP contribution is 2.38. The molecule has 0 saturated heterocycles. The molecule has 0 N–H and O–H groups in total. The second-order valence-corrected chi connectivity index (χ2v) is 6.09. The number of fused-ring (bicyclic) bond motifs is 1. The van der Waals surface area contributed by atoms with Gasteiger partial charge in [0, 0.05) is 0 Å².